The quantitative estimate of drug-likeness (QED) is 0.282. The van der Waals surface area contributed by atoms with Gasteiger partial charge in [-0.1, -0.05) is 0 Å². The van der Waals surface area contributed by atoms with Gasteiger partial charge in [-0.15, -0.1) is 0 Å². The molecule has 2 aromatic rings. The molecule has 1 saturated carbocycles. The zero-order valence-electron chi connectivity index (χ0n) is 20.5. The number of nitrogen functional groups attached to an aromatic ring is 1. The molecule has 1 aliphatic rings. The molecular weight excluding hydrogens is 461 g/mol. The lowest BCUT2D eigenvalue weighted by atomic mass is 10.0. The number of halogens is 3. The Labute approximate surface area is 203 Å². The topological polar surface area (TPSA) is 90.5 Å². The molecule has 7 nitrogen and oxygen atoms in total. The summed E-state index contributed by atoms with van der Waals surface area (Å²) >= 11 is 0. The molecule has 3 N–H and O–H groups in total. The Morgan fingerprint density at radius 3 is 2.43 bits per heavy atom. The molecule has 1 fully saturated rings. The van der Waals surface area contributed by atoms with Gasteiger partial charge in [0.1, 0.15) is 18.0 Å². The molecule has 10 heteroatoms. The maximum Gasteiger partial charge on any atom is 0.416 e. The molecule has 35 heavy (non-hydrogen) atoms. The van der Waals surface area contributed by atoms with Gasteiger partial charge in [0.2, 0.25) is 0 Å². The lowest BCUT2D eigenvalue weighted by Crippen LogP contribution is -2.28. The van der Waals surface area contributed by atoms with Crippen LogP contribution in [0.3, 0.4) is 0 Å². The van der Waals surface area contributed by atoms with Crippen molar-refractivity contribution >= 4 is 23.4 Å². The molecule has 3 rings (SSSR count). The van der Waals surface area contributed by atoms with Crippen LogP contribution < -0.4 is 20.5 Å². The van der Waals surface area contributed by atoms with Crippen molar-refractivity contribution in [2.24, 2.45) is 9.98 Å². The fraction of sp³-hybridized carbons (Fsp3) is 0.440. The molecule has 0 amide bonds. The van der Waals surface area contributed by atoms with Crippen LogP contribution in [-0.2, 0) is 10.9 Å². The van der Waals surface area contributed by atoms with Crippen molar-refractivity contribution in [3.05, 3.63) is 47.0 Å². The number of hydrogen-bond donors (Lipinski definition) is 2. The molecule has 0 unspecified atom stereocenters. The van der Waals surface area contributed by atoms with Crippen LogP contribution in [0, 0.1) is 0 Å². The third-order valence-electron chi connectivity index (χ3n) is 5.92. The number of aliphatic imine (C=N–C) groups is 2. The van der Waals surface area contributed by atoms with E-state index in [9.17, 15) is 13.2 Å². The molecule has 0 spiro atoms. The summed E-state index contributed by atoms with van der Waals surface area (Å²) in [6.45, 7) is 3.88. The van der Waals surface area contributed by atoms with Crippen LogP contribution in [-0.4, -0.2) is 45.5 Å². The van der Waals surface area contributed by atoms with E-state index >= 15 is 0 Å². The summed E-state index contributed by atoms with van der Waals surface area (Å²) in [6.07, 6.45) is -1.04. The number of ether oxygens (including phenoxy) is 3. The van der Waals surface area contributed by atoms with Crippen LogP contribution in [0.5, 0.6) is 11.5 Å². The van der Waals surface area contributed by atoms with E-state index in [1.165, 1.54) is 13.2 Å². The van der Waals surface area contributed by atoms with Gasteiger partial charge in [0.05, 0.1) is 24.4 Å². The van der Waals surface area contributed by atoms with E-state index in [4.69, 9.17) is 19.9 Å². The summed E-state index contributed by atoms with van der Waals surface area (Å²) < 4.78 is 57.0. The predicted molar refractivity (Wildman–Crippen MR) is 131 cm³/mol. The standard InChI is InChI=1S/C25H31F3N4O3/c1-6-31-20-13-21(33-4)22(35-14-24(34-5)7-8-24)12-19(20)23(30-3)32-15(2)16-9-17(25(26,27)28)11-18(29)10-16/h6,9-13,15H,7-8,14,29H2,1-5H3,(H,30,32)/b31-6+/t15-/m1/s1. The Hall–Kier alpha value is -3.27. The molecule has 0 aliphatic heterocycles. The van der Waals surface area contributed by atoms with E-state index < -0.39 is 17.8 Å². The second kappa shape index (κ2) is 10.6. The van der Waals surface area contributed by atoms with Gasteiger partial charge in [-0.25, -0.2) is 0 Å². The van der Waals surface area contributed by atoms with Gasteiger partial charge in [0.15, 0.2) is 11.5 Å². The van der Waals surface area contributed by atoms with Gasteiger partial charge in [-0.2, -0.15) is 13.2 Å². The average Bonchev–Trinajstić information content (AvgIpc) is 3.61. The molecule has 1 aliphatic carbocycles. The minimum Gasteiger partial charge on any atom is -0.493 e. The summed E-state index contributed by atoms with van der Waals surface area (Å²) in [5, 5.41) is 3.20. The Balaban J connectivity index is 1.95. The summed E-state index contributed by atoms with van der Waals surface area (Å²) in [7, 11) is 4.79. The van der Waals surface area contributed by atoms with Crippen molar-refractivity contribution < 1.29 is 27.4 Å². The Morgan fingerprint density at radius 1 is 1.17 bits per heavy atom. The third kappa shape index (κ3) is 6.25. The first-order valence-electron chi connectivity index (χ1n) is 11.2. The first-order valence-corrected chi connectivity index (χ1v) is 11.2. The summed E-state index contributed by atoms with van der Waals surface area (Å²) in [5.41, 5.74) is 6.23. The van der Waals surface area contributed by atoms with Gasteiger partial charge in [0, 0.05) is 37.7 Å². The molecule has 0 heterocycles. The minimum atomic E-state index is -4.50. The largest absolute Gasteiger partial charge is 0.493 e. The molecule has 2 aromatic carbocycles. The van der Waals surface area contributed by atoms with E-state index in [-0.39, 0.29) is 11.3 Å². The highest BCUT2D eigenvalue weighted by molar-refractivity contribution is 6.04. The second-order valence-corrected chi connectivity index (χ2v) is 8.41. The molecular formula is C25H31F3N4O3. The lowest BCUT2D eigenvalue weighted by molar-refractivity contribution is -0.137. The first kappa shape index (κ1) is 26.3. The Morgan fingerprint density at radius 2 is 1.89 bits per heavy atom. The SMILES string of the molecule is C/C=N/c1cc(OC)c(OCC2(OC)CC2)cc1/C(=N\C)N[C@H](C)c1cc(N)cc(C(F)(F)F)c1. The smallest absolute Gasteiger partial charge is 0.416 e. The van der Waals surface area contributed by atoms with Crippen molar-refractivity contribution in [2.75, 3.05) is 33.6 Å². The van der Waals surface area contributed by atoms with Crippen LogP contribution in [0.2, 0.25) is 0 Å². The summed E-state index contributed by atoms with van der Waals surface area (Å²) in [6, 6.07) is 6.46. The van der Waals surface area contributed by atoms with Gasteiger partial charge < -0.3 is 25.3 Å². The number of methoxy groups -OCH3 is 2. The average molecular weight is 493 g/mol. The number of nitrogens with zero attached hydrogens (tertiary/aromatic N) is 2. The highest BCUT2D eigenvalue weighted by atomic mass is 19.4. The van der Waals surface area contributed by atoms with E-state index in [1.807, 2.05) is 0 Å². The summed E-state index contributed by atoms with van der Waals surface area (Å²) in [5.74, 6) is 1.41. The number of amidine groups is 1. The molecule has 0 bridgehead atoms. The van der Waals surface area contributed by atoms with Crippen LogP contribution in [0.15, 0.2) is 40.3 Å². The van der Waals surface area contributed by atoms with Crippen LogP contribution >= 0.6 is 0 Å². The number of rotatable bonds is 9. The fourth-order valence-electron chi connectivity index (χ4n) is 3.65. The van der Waals surface area contributed by atoms with Gasteiger partial charge in [0.25, 0.3) is 0 Å². The second-order valence-electron chi connectivity index (χ2n) is 8.41. The molecule has 0 saturated heterocycles. The van der Waals surface area contributed by atoms with E-state index in [0.717, 1.165) is 25.0 Å². The number of nitrogens with two attached hydrogens (primary N) is 1. The molecule has 190 valence electrons. The van der Waals surface area contributed by atoms with Crippen LogP contribution in [0.4, 0.5) is 24.5 Å². The molecule has 0 radical (unpaired) electrons. The number of benzene rings is 2. The van der Waals surface area contributed by atoms with Crippen LogP contribution in [0.1, 0.15) is 49.4 Å². The zero-order chi connectivity index (χ0) is 25.8. The van der Waals surface area contributed by atoms with Crippen molar-refractivity contribution in [3.8, 4) is 11.5 Å². The number of hydrogen-bond acceptors (Lipinski definition) is 6. The zero-order valence-corrected chi connectivity index (χ0v) is 20.5. The van der Waals surface area contributed by atoms with Gasteiger partial charge in [-0.3, -0.25) is 9.98 Å². The predicted octanol–water partition coefficient (Wildman–Crippen LogP) is 5.30. The van der Waals surface area contributed by atoms with Crippen molar-refractivity contribution in [2.45, 2.75) is 44.5 Å². The highest BCUT2D eigenvalue weighted by Crippen LogP contribution is 2.41. The maximum absolute atomic E-state index is 13.3. The minimum absolute atomic E-state index is 0.0296. The normalized spacial score (nSPS) is 16.3. The first-order chi connectivity index (χ1) is 16.6. The number of alkyl halides is 3. The maximum atomic E-state index is 13.3. The lowest BCUT2D eigenvalue weighted by Gasteiger charge is -2.22. The van der Waals surface area contributed by atoms with Crippen LogP contribution in [0.25, 0.3) is 0 Å². The highest BCUT2D eigenvalue weighted by Gasteiger charge is 2.44. The number of nitrogens with one attached hydrogen (secondary N) is 1. The van der Waals surface area contributed by atoms with Crippen molar-refractivity contribution in [1.82, 2.24) is 5.32 Å². The summed E-state index contributed by atoms with van der Waals surface area (Å²) in [4.78, 5) is 8.78. The number of anilines is 1. The van der Waals surface area contributed by atoms with Gasteiger partial charge >= 0.3 is 6.18 Å². The Kier molecular flexibility index (Phi) is 7.94. The molecule has 0 aromatic heterocycles. The monoisotopic (exact) mass is 492 g/mol. The van der Waals surface area contributed by atoms with Crippen molar-refractivity contribution in [3.63, 3.8) is 0 Å². The van der Waals surface area contributed by atoms with E-state index in [2.05, 4.69) is 15.3 Å². The van der Waals surface area contributed by atoms with E-state index in [0.29, 0.717) is 40.8 Å². The van der Waals surface area contributed by atoms with Gasteiger partial charge in [-0.05, 0) is 56.5 Å². The third-order valence-corrected chi connectivity index (χ3v) is 5.92. The molecule has 1 atom stereocenters. The Bertz CT molecular complexity index is 1110. The fourth-order valence-corrected chi connectivity index (χ4v) is 3.65. The van der Waals surface area contributed by atoms with Crippen molar-refractivity contribution in [1.29, 1.82) is 0 Å². The van der Waals surface area contributed by atoms with E-state index in [1.54, 1.807) is 46.4 Å².